The van der Waals surface area contributed by atoms with E-state index in [1.807, 2.05) is 48.2 Å². The summed E-state index contributed by atoms with van der Waals surface area (Å²) in [6, 6.07) is 16.0. The fraction of sp³-hybridized carbons (Fsp3) is 0.316. The Morgan fingerprint density at radius 1 is 1.09 bits per heavy atom. The van der Waals surface area contributed by atoms with Crippen molar-refractivity contribution in [3.63, 3.8) is 0 Å². The zero-order valence-corrected chi connectivity index (χ0v) is 13.1. The van der Waals surface area contributed by atoms with Crippen molar-refractivity contribution < 1.29 is 9.53 Å². The summed E-state index contributed by atoms with van der Waals surface area (Å²) in [5.74, 6) is 0.0901. The van der Waals surface area contributed by atoms with Crippen LogP contribution >= 0.6 is 0 Å². The number of aryl methyl sites for hydroxylation is 2. The Morgan fingerprint density at radius 3 is 2.59 bits per heavy atom. The minimum absolute atomic E-state index is 0.0366. The third-order valence-corrected chi connectivity index (χ3v) is 4.28. The second-order valence-corrected chi connectivity index (χ2v) is 5.82. The molecule has 22 heavy (non-hydrogen) atoms. The normalized spacial score (nSPS) is 18.3. The van der Waals surface area contributed by atoms with E-state index >= 15 is 0 Å². The first kappa shape index (κ1) is 14.8. The van der Waals surface area contributed by atoms with Gasteiger partial charge in [0.1, 0.15) is 6.10 Å². The number of amides is 1. The standard InChI is InChI=1S/C19H21NO2/c1-14-8-9-17(12-15(14)2)19(21)20-10-11-22-18(13-20)16-6-4-3-5-7-16/h3-9,12,18H,10-11,13H2,1-2H3/t18-/m1/s1. The molecule has 1 heterocycles. The van der Waals surface area contributed by atoms with Gasteiger partial charge >= 0.3 is 0 Å². The summed E-state index contributed by atoms with van der Waals surface area (Å²) >= 11 is 0. The van der Waals surface area contributed by atoms with Crippen LogP contribution in [0, 0.1) is 13.8 Å². The lowest BCUT2D eigenvalue weighted by molar-refractivity contribution is -0.0228. The molecule has 3 nitrogen and oxygen atoms in total. The predicted molar refractivity (Wildman–Crippen MR) is 87.0 cm³/mol. The molecule has 1 saturated heterocycles. The molecule has 114 valence electrons. The highest BCUT2D eigenvalue weighted by molar-refractivity contribution is 5.94. The number of carbonyl (C=O) groups is 1. The molecule has 0 aromatic heterocycles. The Hall–Kier alpha value is -2.13. The Morgan fingerprint density at radius 2 is 1.86 bits per heavy atom. The Bertz CT molecular complexity index is 666. The molecule has 3 heteroatoms. The maximum Gasteiger partial charge on any atom is 0.254 e. The van der Waals surface area contributed by atoms with Crippen LogP contribution in [-0.4, -0.2) is 30.5 Å². The predicted octanol–water partition coefficient (Wildman–Crippen LogP) is 3.52. The molecule has 0 saturated carbocycles. The number of carbonyl (C=O) groups excluding carboxylic acids is 1. The number of rotatable bonds is 2. The molecule has 1 aliphatic rings. The Labute approximate surface area is 131 Å². The van der Waals surface area contributed by atoms with Gasteiger partial charge in [0.05, 0.1) is 13.2 Å². The SMILES string of the molecule is Cc1ccc(C(=O)N2CCO[C@@H](c3ccccc3)C2)cc1C. The Balaban J connectivity index is 1.76. The number of ether oxygens (including phenoxy) is 1. The molecule has 0 aliphatic carbocycles. The number of morpholine rings is 1. The molecule has 0 radical (unpaired) electrons. The zero-order chi connectivity index (χ0) is 15.5. The van der Waals surface area contributed by atoms with E-state index in [-0.39, 0.29) is 12.0 Å². The van der Waals surface area contributed by atoms with Crippen LogP contribution < -0.4 is 0 Å². The second kappa shape index (κ2) is 6.32. The van der Waals surface area contributed by atoms with Gasteiger partial charge < -0.3 is 9.64 Å². The lowest BCUT2D eigenvalue weighted by atomic mass is 10.0. The van der Waals surface area contributed by atoms with E-state index in [2.05, 4.69) is 19.1 Å². The molecule has 2 aromatic rings. The molecular formula is C19H21NO2. The summed E-state index contributed by atoms with van der Waals surface area (Å²) < 4.78 is 5.83. The van der Waals surface area contributed by atoms with Gasteiger partial charge in [-0.3, -0.25) is 4.79 Å². The summed E-state index contributed by atoms with van der Waals surface area (Å²) in [5, 5.41) is 0. The van der Waals surface area contributed by atoms with Gasteiger partial charge in [0, 0.05) is 12.1 Å². The summed E-state index contributed by atoms with van der Waals surface area (Å²) in [6.45, 7) is 5.93. The molecule has 1 aliphatic heterocycles. The summed E-state index contributed by atoms with van der Waals surface area (Å²) in [6.07, 6.45) is -0.0366. The van der Waals surface area contributed by atoms with Gasteiger partial charge in [-0.1, -0.05) is 36.4 Å². The number of nitrogens with zero attached hydrogens (tertiary/aromatic N) is 1. The van der Waals surface area contributed by atoms with E-state index in [1.165, 1.54) is 5.56 Å². The maximum atomic E-state index is 12.7. The first-order valence-corrected chi connectivity index (χ1v) is 7.68. The van der Waals surface area contributed by atoms with Gasteiger partial charge in [-0.25, -0.2) is 0 Å². The highest BCUT2D eigenvalue weighted by atomic mass is 16.5. The van der Waals surface area contributed by atoms with E-state index in [0.717, 1.165) is 16.7 Å². The van der Waals surface area contributed by atoms with Crippen molar-refractivity contribution in [3.8, 4) is 0 Å². The molecule has 1 fully saturated rings. The monoisotopic (exact) mass is 295 g/mol. The molecule has 0 spiro atoms. The smallest absolute Gasteiger partial charge is 0.254 e. The summed E-state index contributed by atoms with van der Waals surface area (Å²) in [5.41, 5.74) is 4.25. The minimum Gasteiger partial charge on any atom is -0.370 e. The average molecular weight is 295 g/mol. The molecule has 0 unspecified atom stereocenters. The third kappa shape index (κ3) is 3.04. The van der Waals surface area contributed by atoms with E-state index in [1.54, 1.807) is 0 Å². The second-order valence-electron chi connectivity index (χ2n) is 5.82. The van der Waals surface area contributed by atoms with Gasteiger partial charge in [-0.05, 0) is 42.7 Å². The number of benzene rings is 2. The largest absolute Gasteiger partial charge is 0.370 e. The van der Waals surface area contributed by atoms with Crippen molar-refractivity contribution in [1.82, 2.24) is 4.90 Å². The molecule has 1 atom stereocenters. The van der Waals surface area contributed by atoms with Crippen molar-refractivity contribution >= 4 is 5.91 Å². The van der Waals surface area contributed by atoms with Crippen LogP contribution in [0.4, 0.5) is 0 Å². The maximum absolute atomic E-state index is 12.7. The topological polar surface area (TPSA) is 29.5 Å². The van der Waals surface area contributed by atoms with Crippen molar-refractivity contribution in [2.75, 3.05) is 19.7 Å². The first-order valence-electron chi connectivity index (χ1n) is 7.68. The first-order chi connectivity index (χ1) is 10.6. The van der Waals surface area contributed by atoms with Crippen LogP contribution in [0.15, 0.2) is 48.5 Å². The van der Waals surface area contributed by atoms with Crippen LogP contribution in [0.25, 0.3) is 0 Å². The van der Waals surface area contributed by atoms with E-state index in [4.69, 9.17) is 4.74 Å². The molecule has 3 rings (SSSR count). The summed E-state index contributed by atoms with van der Waals surface area (Å²) in [7, 11) is 0. The average Bonchev–Trinajstić information content (AvgIpc) is 2.57. The molecular weight excluding hydrogens is 274 g/mol. The van der Waals surface area contributed by atoms with Crippen LogP contribution in [0.5, 0.6) is 0 Å². The highest BCUT2D eigenvalue weighted by Crippen LogP contribution is 2.23. The van der Waals surface area contributed by atoms with Gasteiger partial charge in [-0.2, -0.15) is 0 Å². The van der Waals surface area contributed by atoms with Gasteiger partial charge in [0.25, 0.3) is 5.91 Å². The van der Waals surface area contributed by atoms with Crippen molar-refractivity contribution in [1.29, 1.82) is 0 Å². The zero-order valence-electron chi connectivity index (χ0n) is 13.1. The molecule has 2 aromatic carbocycles. The van der Waals surface area contributed by atoms with Crippen molar-refractivity contribution in [3.05, 3.63) is 70.8 Å². The van der Waals surface area contributed by atoms with E-state index < -0.39 is 0 Å². The van der Waals surface area contributed by atoms with Gasteiger partial charge in [0.2, 0.25) is 0 Å². The van der Waals surface area contributed by atoms with Crippen LogP contribution in [0.3, 0.4) is 0 Å². The van der Waals surface area contributed by atoms with Gasteiger partial charge in [0.15, 0.2) is 0 Å². The van der Waals surface area contributed by atoms with Crippen LogP contribution in [-0.2, 0) is 4.74 Å². The number of hydrogen-bond acceptors (Lipinski definition) is 2. The van der Waals surface area contributed by atoms with E-state index in [0.29, 0.717) is 19.7 Å². The van der Waals surface area contributed by atoms with E-state index in [9.17, 15) is 4.79 Å². The highest BCUT2D eigenvalue weighted by Gasteiger charge is 2.26. The molecule has 1 amide bonds. The summed E-state index contributed by atoms with van der Waals surface area (Å²) in [4.78, 5) is 14.6. The fourth-order valence-corrected chi connectivity index (χ4v) is 2.76. The molecule has 0 bridgehead atoms. The lowest BCUT2D eigenvalue weighted by Crippen LogP contribution is -2.42. The van der Waals surface area contributed by atoms with Crippen molar-refractivity contribution in [2.24, 2.45) is 0 Å². The lowest BCUT2D eigenvalue weighted by Gasteiger charge is -2.33. The number of hydrogen-bond donors (Lipinski definition) is 0. The van der Waals surface area contributed by atoms with Crippen LogP contribution in [0.2, 0.25) is 0 Å². The molecule has 0 N–H and O–H groups in total. The fourth-order valence-electron chi connectivity index (χ4n) is 2.76. The van der Waals surface area contributed by atoms with Crippen molar-refractivity contribution in [2.45, 2.75) is 20.0 Å². The minimum atomic E-state index is -0.0366. The van der Waals surface area contributed by atoms with Crippen LogP contribution in [0.1, 0.15) is 33.2 Å². The third-order valence-electron chi connectivity index (χ3n) is 4.28. The van der Waals surface area contributed by atoms with Gasteiger partial charge in [-0.15, -0.1) is 0 Å². The Kier molecular flexibility index (Phi) is 4.25. The quantitative estimate of drug-likeness (QED) is 0.848.